The molecule has 0 spiro atoms. The SMILES string of the molecule is CCOC(=O)C(N)(CCN1CCOCC1)c1ccccc1. The van der Waals surface area contributed by atoms with Crippen molar-refractivity contribution in [2.45, 2.75) is 18.9 Å². The molecule has 1 fully saturated rings. The summed E-state index contributed by atoms with van der Waals surface area (Å²) in [4.78, 5) is 14.6. The highest BCUT2D eigenvalue weighted by Crippen LogP contribution is 2.24. The summed E-state index contributed by atoms with van der Waals surface area (Å²) in [5.74, 6) is -0.357. The summed E-state index contributed by atoms with van der Waals surface area (Å²) >= 11 is 0. The van der Waals surface area contributed by atoms with Gasteiger partial charge < -0.3 is 15.2 Å². The van der Waals surface area contributed by atoms with Crippen molar-refractivity contribution >= 4 is 5.97 Å². The number of nitrogens with two attached hydrogens (primary N) is 1. The molecule has 0 radical (unpaired) electrons. The van der Waals surface area contributed by atoms with Crippen molar-refractivity contribution in [1.29, 1.82) is 0 Å². The number of hydrogen-bond acceptors (Lipinski definition) is 5. The normalized spacial score (nSPS) is 19.0. The Bertz CT molecular complexity index is 446. The molecule has 1 aromatic rings. The molecule has 116 valence electrons. The van der Waals surface area contributed by atoms with Gasteiger partial charge in [-0.05, 0) is 18.9 Å². The summed E-state index contributed by atoms with van der Waals surface area (Å²) < 4.78 is 10.5. The van der Waals surface area contributed by atoms with Crippen LogP contribution in [-0.2, 0) is 19.8 Å². The van der Waals surface area contributed by atoms with E-state index in [2.05, 4.69) is 4.90 Å². The van der Waals surface area contributed by atoms with Crippen LogP contribution in [0.15, 0.2) is 30.3 Å². The molecule has 1 heterocycles. The van der Waals surface area contributed by atoms with Crippen molar-refractivity contribution in [2.24, 2.45) is 5.73 Å². The van der Waals surface area contributed by atoms with Gasteiger partial charge in [-0.2, -0.15) is 0 Å². The lowest BCUT2D eigenvalue weighted by molar-refractivity contribution is -0.150. The maximum atomic E-state index is 12.3. The highest BCUT2D eigenvalue weighted by atomic mass is 16.5. The predicted molar refractivity (Wildman–Crippen MR) is 80.8 cm³/mol. The Balaban J connectivity index is 2.09. The zero-order valence-corrected chi connectivity index (χ0v) is 12.6. The number of ether oxygens (including phenoxy) is 2. The summed E-state index contributed by atoms with van der Waals surface area (Å²) in [5, 5.41) is 0. The second kappa shape index (κ2) is 7.54. The van der Waals surface area contributed by atoms with Gasteiger partial charge in [0.15, 0.2) is 0 Å². The minimum atomic E-state index is -1.09. The van der Waals surface area contributed by atoms with Gasteiger partial charge in [0.2, 0.25) is 0 Å². The maximum Gasteiger partial charge on any atom is 0.330 e. The first kappa shape index (κ1) is 15.9. The van der Waals surface area contributed by atoms with Crippen LogP contribution in [0.1, 0.15) is 18.9 Å². The first-order chi connectivity index (χ1) is 10.2. The summed E-state index contributed by atoms with van der Waals surface area (Å²) in [6.07, 6.45) is 0.538. The average molecular weight is 292 g/mol. The van der Waals surface area contributed by atoms with Gasteiger partial charge in [0, 0.05) is 19.6 Å². The molecule has 0 amide bonds. The monoisotopic (exact) mass is 292 g/mol. The van der Waals surface area contributed by atoms with Gasteiger partial charge in [0.25, 0.3) is 0 Å². The summed E-state index contributed by atoms with van der Waals surface area (Å²) in [5.41, 5.74) is 6.15. The number of esters is 1. The predicted octanol–water partition coefficient (Wildman–Crippen LogP) is 1.13. The van der Waals surface area contributed by atoms with Crippen molar-refractivity contribution in [3.8, 4) is 0 Å². The summed E-state index contributed by atoms with van der Waals surface area (Å²) in [6, 6.07) is 9.47. The van der Waals surface area contributed by atoms with Crippen molar-refractivity contribution in [2.75, 3.05) is 39.5 Å². The van der Waals surface area contributed by atoms with E-state index in [0.29, 0.717) is 13.0 Å². The first-order valence-electron chi connectivity index (χ1n) is 7.48. The van der Waals surface area contributed by atoms with Crippen LogP contribution in [0.3, 0.4) is 0 Å². The van der Waals surface area contributed by atoms with Crippen LogP contribution < -0.4 is 5.73 Å². The Hall–Kier alpha value is -1.43. The molecule has 1 atom stereocenters. The number of rotatable bonds is 6. The van der Waals surface area contributed by atoms with Gasteiger partial charge in [-0.25, -0.2) is 4.79 Å². The van der Waals surface area contributed by atoms with E-state index in [1.54, 1.807) is 6.92 Å². The Labute approximate surface area is 126 Å². The molecule has 2 rings (SSSR count). The summed E-state index contributed by atoms with van der Waals surface area (Å²) in [6.45, 7) is 6.13. The van der Waals surface area contributed by atoms with E-state index >= 15 is 0 Å². The molecule has 5 nitrogen and oxygen atoms in total. The van der Waals surface area contributed by atoms with Crippen LogP contribution in [0.2, 0.25) is 0 Å². The minimum Gasteiger partial charge on any atom is -0.464 e. The Morgan fingerprint density at radius 1 is 1.33 bits per heavy atom. The molecule has 0 saturated carbocycles. The van der Waals surface area contributed by atoms with E-state index in [9.17, 15) is 4.79 Å². The van der Waals surface area contributed by atoms with E-state index in [1.807, 2.05) is 30.3 Å². The van der Waals surface area contributed by atoms with Crippen LogP contribution in [0.25, 0.3) is 0 Å². The molecule has 1 saturated heterocycles. The molecule has 0 aromatic heterocycles. The topological polar surface area (TPSA) is 64.8 Å². The van der Waals surface area contributed by atoms with E-state index in [1.165, 1.54) is 0 Å². The largest absolute Gasteiger partial charge is 0.464 e. The third-order valence-electron chi connectivity index (χ3n) is 3.85. The average Bonchev–Trinajstić information content (AvgIpc) is 2.54. The van der Waals surface area contributed by atoms with Gasteiger partial charge in [0.05, 0.1) is 19.8 Å². The Kier molecular flexibility index (Phi) is 5.73. The number of hydrogen-bond donors (Lipinski definition) is 1. The Morgan fingerprint density at radius 2 is 2.00 bits per heavy atom. The smallest absolute Gasteiger partial charge is 0.330 e. The van der Waals surface area contributed by atoms with Gasteiger partial charge in [-0.3, -0.25) is 4.90 Å². The standard InChI is InChI=1S/C16H24N2O3/c1-2-21-15(19)16(17,14-6-4-3-5-7-14)8-9-18-10-12-20-13-11-18/h3-7H,2,8-13,17H2,1H3. The number of benzene rings is 1. The number of nitrogens with zero attached hydrogens (tertiary/aromatic N) is 1. The molecule has 0 aliphatic carbocycles. The van der Waals surface area contributed by atoms with Gasteiger partial charge in [-0.15, -0.1) is 0 Å². The molecule has 1 aliphatic rings. The second-order valence-corrected chi connectivity index (χ2v) is 5.26. The highest BCUT2D eigenvalue weighted by Gasteiger charge is 2.37. The first-order valence-corrected chi connectivity index (χ1v) is 7.48. The van der Waals surface area contributed by atoms with Crippen molar-refractivity contribution < 1.29 is 14.3 Å². The molecule has 0 bridgehead atoms. The van der Waals surface area contributed by atoms with E-state index in [0.717, 1.165) is 38.4 Å². The van der Waals surface area contributed by atoms with Crippen LogP contribution in [-0.4, -0.2) is 50.3 Å². The lowest BCUT2D eigenvalue weighted by Gasteiger charge is -2.32. The van der Waals surface area contributed by atoms with Crippen LogP contribution in [0, 0.1) is 0 Å². The van der Waals surface area contributed by atoms with Gasteiger partial charge >= 0.3 is 5.97 Å². The zero-order chi connectivity index (χ0) is 15.1. The number of carbonyl (C=O) groups is 1. The molecular formula is C16H24N2O3. The third kappa shape index (κ3) is 4.03. The van der Waals surface area contributed by atoms with Crippen LogP contribution in [0.4, 0.5) is 0 Å². The summed E-state index contributed by atoms with van der Waals surface area (Å²) in [7, 11) is 0. The lowest BCUT2D eigenvalue weighted by Crippen LogP contribution is -2.49. The Morgan fingerprint density at radius 3 is 2.62 bits per heavy atom. The van der Waals surface area contributed by atoms with E-state index in [4.69, 9.17) is 15.2 Å². The van der Waals surface area contributed by atoms with Crippen molar-refractivity contribution in [3.05, 3.63) is 35.9 Å². The second-order valence-electron chi connectivity index (χ2n) is 5.26. The molecule has 1 aliphatic heterocycles. The molecule has 5 heteroatoms. The highest BCUT2D eigenvalue weighted by molar-refractivity contribution is 5.82. The fraction of sp³-hybridized carbons (Fsp3) is 0.562. The lowest BCUT2D eigenvalue weighted by atomic mass is 9.87. The molecule has 1 aromatic carbocycles. The maximum absolute atomic E-state index is 12.3. The third-order valence-corrected chi connectivity index (χ3v) is 3.85. The fourth-order valence-electron chi connectivity index (χ4n) is 2.52. The molecular weight excluding hydrogens is 268 g/mol. The van der Waals surface area contributed by atoms with E-state index in [-0.39, 0.29) is 5.97 Å². The van der Waals surface area contributed by atoms with Gasteiger partial charge in [0.1, 0.15) is 5.54 Å². The minimum absolute atomic E-state index is 0.335. The molecule has 1 unspecified atom stereocenters. The quantitative estimate of drug-likeness (QED) is 0.796. The van der Waals surface area contributed by atoms with Crippen LogP contribution >= 0.6 is 0 Å². The van der Waals surface area contributed by atoms with Crippen molar-refractivity contribution in [3.63, 3.8) is 0 Å². The van der Waals surface area contributed by atoms with Crippen molar-refractivity contribution in [1.82, 2.24) is 4.90 Å². The zero-order valence-electron chi connectivity index (χ0n) is 12.6. The van der Waals surface area contributed by atoms with E-state index < -0.39 is 5.54 Å². The number of morpholine rings is 1. The number of carbonyl (C=O) groups excluding carboxylic acids is 1. The fourth-order valence-corrected chi connectivity index (χ4v) is 2.52. The van der Waals surface area contributed by atoms with Gasteiger partial charge in [-0.1, -0.05) is 30.3 Å². The molecule has 21 heavy (non-hydrogen) atoms. The molecule has 2 N–H and O–H groups in total. The van der Waals surface area contributed by atoms with Crippen LogP contribution in [0.5, 0.6) is 0 Å².